The van der Waals surface area contributed by atoms with E-state index in [-0.39, 0.29) is 24.5 Å². The summed E-state index contributed by atoms with van der Waals surface area (Å²) in [5.41, 5.74) is 2.67. The SMILES string of the molecule is C/C=C(/C)[C@@H]1C(C)=C[C@@H]2[C@H]([C@@H]1CO)[C@@H](C)CC[C@@H]2O. The van der Waals surface area contributed by atoms with Crippen molar-refractivity contribution in [3.05, 3.63) is 23.3 Å². The minimum Gasteiger partial charge on any atom is -0.396 e. The second-order valence-electron chi connectivity index (χ2n) is 6.54. The molecule has 0 aromatic heterocycles. The van der Waals surface area contributed by atoms with Crippen LogP contribution in [0, 0.1) is 29.6 Å². The number of aliphatic hydroxyl groups is 2. The highest BCUT2D eigenvalue weighted by atomic mass is 16.3. The van der Waals surface area contributed by atoms with E-state index in [1.807, 2.05) is 0 Å². The molecule has 2 heteroatoms. The molecule has 2 aliphatic carbocycles. The summed E-state index contributed by atoms with van der Waals surface area (Å²) < 4.78 is 0. The monoisotopic (exact) mass is 264 g/mol. The van der Waals surface area contributed by atoms with Crippen LogP contribution in [0.1, 0.15) is 40.5 Å². The van der Waals surface area contributed by atoms with Crippen LogP contribution in [0.5, 0.6) is 0 Å². The molecule has 0 unspecified atom stereocenters. The molecule has 1 saturated carbocycles. The van der Waals surface area contributed by atoms with Gasteiger partial charge < -0.3 is 10.2 Å². The van der Waals surface area contributed by atoms with Crippen LogP contribution < -0.4 is 0 Å². The molecule has 2 nitrogen and oxygen atoms in total. The van der Waals surface area contributed by atoms with Crippen molar-refractivity contribution in [3.8, 4) is 0 Å². The molecule has 0 aliphatic heterocycles. The Balaban J connectivity index is 2.42. The molecular weight excluding hydrogens is 236 g/mol. The van der Waals surface area contributed by atoms with Gasteiger partial charge in [-0.15, -0.1) is 0 Å². The van der Waals surface area contributed by atoms with Gasteiger partial charge in [0.2, 0.25) is 0 Å². The largest absolute Gasteiger partial charge is 0.396 e. The van der Waals surface area contributed by atoms with Crippen LogP contribution in [0.3, 0.4) is 0 Å². The van der Waals surface area contributed by atoms with Gasteiger partial charge >= 0.3 is 0 Å². The van der Waals surface area contributed by atoms with Crippen LogP contribution in [0.15, 0.2) is 23.3 Å². The minimum atomic E-state index is -0.225. The number of hydrogen-bond donors (Lipinski definition) is 2. The van der Waals surface area contributed by atoms with Crippen LogP contribution in [0.25, 0.3) is 0 Å². The van der Waals surface area contributed by atoms with E-state index in [0.29, 0.717) is 17.8 Å². The molecule has 6 atom stereocenters. The topological polar surface area (TPSA) is 40.5 Å². The number of fused-ring (bicyclic) bond motifs is 1. The molecular formula is C17H28O2. The van der Waals surface area contributed by atoms with Crippen molar-refractivity contribution in [2.24, 2.45) is 29.6 Å². The fourth-order valence-corrected chi connectivity index (χ4v) is 4.45. The van der Waals surface area contributed by atoms with Crippen molar-refractivity contribution in [3.63, 3.8) is 0 Å². The first-order valence-corrected chi connectivity index (χ1v) is 7.61. The average Bonchev–Trinajstić information content (AvgIpc) is 2.40. The lowest BCUT2D eigenvalue weighted by Gasteiger charge is -2.49. The van der Waals surface area contributed by atoms with Gasteiger partial charge in [-0.3, -0.25) is 0 Å². The molecule has 0 amide bonds. The second-order valence-corrected chi connectivity index (χ2v) is 6.54. The van der Waals surface area contributed by atoms with Gasteiger partial charge in [-0.1, -0.05) is 30.2 Å². The maximum absolute atomic E-state index is 10.3. The van der Waals surface area contributed by atoms with E-state index in [2.05, 4.69) is 39.8 Å². The number of hydrogen-bond acceptors (Lipinski definition) is 2. The van der Waals surface area contributed by atoms with E-state index in [1.165, 1.54) is 11.1 Å². The summed E-state index contributed by atoms with van der Waals surface area (Å²) in [6.45, 7) is 8.89. The van der Waals surface area contributed by atoms with Gasteiger partial charge in [-0.05, 0) is 51.4 Å². The molecule has 108 valence electrons. The Labute approximate surface area is 117 Å². The maximum atomic E-state index is 10.3. The number of allylic oxidation sites excluding steroid dienone is 3. The van der Waals surface area contributed by atoms with Gasteiger partial charge in [0.15, 0.2) is 0 Å². The van der Waals surface area contributed by atoms with Crippen LogP contribution >= 0.6 is 0 Å². The first-order chi connectivity index (χ1) is 9.01. The van der Waals surface area contributed by atoms with Crippen molar-refractivity contribution in [2.45, 2.75) is 46.6 Å². The Kier molecular flexibility index (Phi) is 4.52. The van der Waals surface area contributed by atoms with Gasteiger partial charge in [-0.25, -0.2) is 0 Å². The van der Waals surface area contributed by atoms with Gasteiger partial charge in [-0.2, -0.15) is 0 Å². The van der Waals surface area contributed by atoms with Gasteiger partial charge in [0.25, 0.3) is 0 Å². The normalized spacial score (nSPS) is 43.7. The molecule has 0 saturated heterocycles. The van der Waals surface area contributed by atoms with Crippen molar-refractivity contribution < 1.29 is 10.2 Å². The quantitative estimate of drug-likeness (QED) is 0.752. The first-order valence-electron chi connectivity index (χ1n) is 7.61. The van der Waals surface area contributed by atoms with E-state index in [0.717, 1.165) is 12.8 Å². The summed E-state index contributed by atoms with van der Waals surface area (Å²) in [4.78, 5) is 0. The van der Waals surface area contributed by atoms with E-state index >= 15 is 0 Å². The molecule has 0 spiro atoms. The Bertz CT molecular complexity index is 383. The molecule has 2 aliphatic rings. The summed E-state index contributed by atoms with van der Waals surface area (Å²) in [5, 5.41) is 20.2. The van der Waals surface area contributed by atoms with Crippen molar-refractivity contribution in [1.29, 1.82) is 0 Å². The number of rotatable bonds is 2. The van der Waals surface area contributed by atoms with E-state index < -0.39 is 0 Å². The zero-order valence-electron chi connectivity index (χ0n) is 12.6. The van der Waals surface area contributed by atoms with E-state index in [4.69, 9.17) is 0 Å². The molecule has 19 heavy (non-hydrogen) atoms. The average molecular weight is 264 g/mol. The van der Waals surface area contributed by atoms with Crippen molar-refractivity contribution in [2.75, 3.05) is 6.61 Å². The summed E-state index contributed by atoms with van der Waals surface area (Å²) in [6.07, 6.45) is 6.20. The van der Waals surface area contributed by atoms with Gasteiger partial charge in [0, 0.05) is 18.4 Å². The van der Waals surface area contributed by atoms with Crippen molar-refractivity contribution >= 4 is 0 Å². The molecule has 0 aromatic rings. The molecule has 0 aromatic carbocycles. The summed E-state index contributed by atoms with van der Waals surface area (Å²) in [6, 6.07) is 0. The highest BCUT2D eigenvalue weighted by molar-refractivity contribution is 5.26. The van der Waals surface area contributed by atoms with Crippen LogP contribution in [-0.4, -0.2) is 22.9 Å². The number of aliphatic hydroxyl groups excluding tert-OH is 2. The van der Waals surface area contributed by atoms with Crippen LogP contribution in [-0.2, 0) is 0 Å². The molecule has 0 radical (unpaired) electrons. The summed E-state index contributed by atoms with van der Waals surface area (Å²) >= 11 is 0. The third-order valence-corrected chi connectivity index (χ3v) is 5.49. The smallest absolute Gasteiger partial charge is 0.0605 e. The zero-order valence-corrected chi connectivity index (χ0v) is 12.6. The summed E-state index contributed by atoms with van der Waals surface area (Å²) in [5.74, 6) is 1.85. The predicted molar refractivity (Wildman–Crippen MR) is 78.6 cm³/mol. The van der Waals surface area contributed by atoms with Gasteiger partial charge in [0.05, 0.1) is 6.10 Å². The molecule has 2 N–H and O–H groups in total. The highest BCUT2D eigenvalue weighted by Gasteiger charge is 2.45. The Morgan fingerprint density at radius 2 is 2.11 bits per heavy atom. The highest BCUT2D eigenvalue weighted by Crippen LogP contribution is 2.49. The second kappa shape index (κ2) is 5.80. The van der Waals surface area contributed by atoms with E-state index in [1.54, 1.807) is 0 Å². The van der Waals surface area contributed by atoms with Crippen LogP contribution in [0.2, 0.25) is 0 Å². The van der Waals surface area contributed by atoms with Crippen LogP contribution in [0.4, 0.5) is 0 Å². The van der Waals surface area contributed by atoms with Gasteiger partial charge in [0.1, 0.15) is 0 Å². The lowest BCUT2D eigenvalue weighted by Crippen LogP contribution is -2.46. The minimum absolute atomic E-state index is 0.221. The first kappa shape index (κ1) is 14.8. The standard InChI is InChI=1S/C17H28O2/c1-5-10(2)16-12(4)8-13-15(19)7-6-11(3)17(13)14(16)9-18/h5,8,11,13-19H,6-7,9H2,1-4H3/b10-5-/t11-,13-,14+,15-,16+,17+/m0/s1. The molecule has 0 heterocycles. The van der Waals surface area contributed by atoms with Crippen molar-refractivity contribution in [1.82, 2.24) is 0 Å². The molecule has 2 rings (SSSR count). The summed E-state index contributed by atoms with van der Waals surface area (Å²) in [7, 11) is 0. The molecule has 0 bridgehead atoms. The fourth-order valence-electron chi connectivity index (χ4n) is 4.45. The predicted octanol–water partition coefficient (Wildman–Crippen LogP) is 3.16. The third kappa shape index (κ3) is 2.53. The lowest BCUT2D eigenvalue weighted by atomic mass is 9.57. The third-order valence-electron chi connectivity index (χ3n) is 5.49. The zero-order chi connectivity index (χ0) is 14.2. The molecule has 1 fully saturated rings. The Morgan fingerprint density at radius 1 is 1.42 bits per heavy atom. The Morgan fingerprint density at radius 3 is 2.68 bits per heavy atom. The fraction of sp³-hybridized carbons (Fsp3) is 0.765. The Hall–Kier alpha value is -0.600. The maximum Gasteiger partial charge on any atom is 0.0605 e. The van der Waals surface area contributed by atoms with E-state index in [9.17, 15) is 10.2 Å². The lowest BCUT2D eigenvalue weighted by molar-refractivity contribution is -0.0250.